The summed E-state index contributed by atoms with van der Waals surface area (Å²) in [6.07, 6.45) is 6.69. The van der Waals surface area contributed by atoms with Crippen LogP contribution in [0.2, 0.25) is 0 Å². The van der Waals surface area contributed by atoms with Crippen molar-refractivity contribution in [1.82, 2.24) is 24.6 Å². The lowest BCUT2D eigenvalue weighted by molar-refractivity contribution is -0.135. The monoisotopic (exact) mass is 494 g/mol. The summed E-state index contributed by atoms with van der Waals surface area (Å²) in [7, 11) is 0. The van der Waals surface area contributed by atoms with E-state index in [1.165, 1.54) is 12.1 Å². The molecule has 0 radical (unpaired) electrons. The number of carbonyl (C=O) groups excluding carboxylic acids is 1. The van der Waals surface area contributed by atoms with Gasteiger partial charge in [-0.1, -0.05) is 33.6 Å². The summed E-state index contributed by atoms with van der Waals surface area (Å²) >= 11 is 0. The topological polar surface area (TPSA) is 67.2 Å². The van der Waals surface area contributed by atoms with Crippen LogP contribution >= 0.6 is 0 Å². The highest BCUT2D eigenvalue weighted by Gasteiger charge is 2.27. The normalized spacial score (nSPS) is 15.4. The zero-order valence-corrected chi connectivity index (χ0v) is 22.1. The number of anilines is 1. The molecule has 1 atom stereocenters. The Kier molecular flexibility index (Phi) is 8.54. The fourth-order valence-corrected chi connectivity index (χ4v) is 5.09. The number of fused-ring (bicyclic) bond motifs is 1. The molecular weight excluding hydrogens is 455 g/mol. The number of amides is 1. The van der Waals surface area contributed by atoms with Gasteiger partial charge in [0.1, 0.15) is 17.5 Å². The molecule has 8 heteroatoms. The van der Waals surface area contributed by atoms with E-state index in [1.807, 2.05) is 6.92 Å². The second-order valence-corrected chi connectivity index (χ2v) is 9.80. The number of hydrogen-bond acceptors (Lipinski definition) is 5. The summed E-state index contributed by atoms with van der Waals surface area (Å²) in [4.78, 5) is 27.5. The zero-order valence-electron chi connectivity index (χ0n) is 22.1. The van der Waals surface area contributed by atoms with E-state index < -0.39 is 0 Å². The first-order valence-electron chi connectivity index (χ1n) is 13.5. The molecule has 0 N–H and O–H groups in total. The van der Waals surface area contributed by atoms with Crippen LogP contribution in [0.3, 0.4) is 0 Å². The van der Waals surface area contributed by atoms with E-state index in [0.717, 1.165) is 98.6 Å². The van der Waals surface area contributed by atoms with Gasteiger partial charge in [-0.2, -0.15) is 5.10 Å². The molecule has 1 aliphatic rings. The van der Waals surface area contributed by atoms with Crippen molar-refractivity contribution in [3.05, 3.63) is 41.6 Å². The summed E-state index contributed by atoms with van der Waals surface area (Å²) in [6.45, 7) is 11.4. The highest BCUT2D eigenvalue weighted by Crippen LogP contribution is 2.30. The number of halogens is 1. The highest BCUT2D eigenvalue weighted by molar-refractivity contribution is 5.91. The number of hydrogen-bond donors (Lipinski definition) is 0. The van der Waals surface area contributed by atoms with Gasteiger partial charge in [-0.05, 0) is 56.9 Å². The van der Waals surface area contributed by atoms with Gasteiger partial charge in [-0.3, -0.25) is 4.79 Å². The number of aryl methyl sites for hydroxylation is 2. The number of nitrogens with zero attached hydrogens (tertiary/aromatic N) is 6. The summed E-state index contributed by atoms with van der Waals surface area (Å²) < 4.78 is 15.4. The lowest BCUT2D eigenvalue weighted by Crippen LogP contribution is -2.39. The molecule has 1 unspecified atom stereocenters. The number of aromatic nitrogens is 4. The second-order valence-electron chi connectivity index (χ2n) is 9.80. The van der Waals surface area contributed by atoms with Crippen LogP contribution in [0, 0.1) is 18.7 Å². The smallest absolute Gasteiger partial charge is 0.225 e. The first-order chi connectivity index (χ1) is 17.5. The summed E-state index contributed by atoms with van der Waals surface area (Å²) in [6, 6.07) is 6.33. The molecule has 1 saturated heterocycles. The Balaban J connectivity index is 1.66. The molecule has 1 aliphatic heterocycles. The van der Waals surface area contributed by atoms with Crippen LogP contribution in [-0.2, 0) is 11.2 Å². The molecule has 3 aromatic rings. The SMILES string of the molecule is CCCCC(CC)C(=O)N1CCCN(c2nc(CCC)nc3c2c(C)nn3-c2ccc(F)cc2)CC1. The molecule has 1 fully saturated rings. The molecule has 194 valence electrons. The number of rotatable bonds is 9. The van der Waals surface area contributed by atoms with E-state index in [2.05, 4.69) is 30.6 Å². The van der Waals surface area contributed by atoms with Gasteiger partial charge in [-0.15, -0.1) is 0 Å². The number of unbranched alkanes of at least 4 members (excludes halogenated alkanes) is 1. The van der Waals surface area contributed by atoms with Crippen molar-refractivity contribution in [1.29, 1.82) is 0 Å². The third-order valence-corrected chi connectivity index (χ3v) is 7.13. The predicted octanol–water partition coefficient (Wildman–Crippen LogP) is 5.47. The molecule has 0 saturated carbocycles. The fraction of sp³-hybridized carbons (Fsp3) is 0.571. The van der Waals surface area contributed by atoms with Crippen molar-refractivity contribution in [2.24, 2.45) is 5.92 Å². The average molecular weight is 495 g/mol. The van der Waals surface area contributed by atoms with E-state index in [1.54, 1.807) is 16.8 Å². The fourth-order valence-electron chi connectivity index (χ4n) is 5.09. The minimum atomic E-state index is -0.280. The van der Waals surface area contributed by atoms with Crippen molar-refractivity contribution in [2.75, 3.05) is 31.1 Å². The third kappa shape index (κ3) is 5.52. The number of benzene rings is 1. The van der Waals surface area contributed by atoms with Gasteiger partial charge in [0.15, 0.2) is 5.65 Å². The Bertz CT molecular complexity index is 1170. The van der Waals surface area contributed by atoms with E-state index in [0.29, 0.717) is 12.5 Å². The Hall–Kier alpha value is -3.03. The van der Waals surface area contributed by atoms with Crippen molar-refractivity contribution in [2.45, 2.75) is 72.6 Å². The van der Waals surface area contributed by atoms with E-state index in [-0.39, 0.29) is 11.7 Å². The maximum absolute atomic E-state index is 13.6. The molecule has 4 rings (SSSR count). The quantitative estimate of drug-likeness (QED) is 0.395. The van der Waals surface area contributed by atoms with Crippen molar-refractivity contribution in [3.8, 4) is 5.69 Å². The second kappa shape index (κ2) is 11.8. The Morgan fingerprint density at radius 3 is 2.50 bits per heavy atom. The van der Waals surface area contributed by atoms with E-state index in [9.17, 15) is 9.18 Å². The van der Waals surface area contributed by atoms with Crippen LogP contribution in [-0.4, -0.2) is 56.7 Å². The maximum Gasteiger partial charge on any atom is 0.225 e. The summed E-state index contributed by atoms with van der Waals surface area (Å²) in [5.41, 5.74) is 2.36. The molecule has 7 nitrogen and oxygen atoms in total. The first-order valence-corrected chi connectivity index (χ1v) is 13.5. The van der Waals surface area contributed by atoms with Gasteiger partial charge in [-0.25, -0.2) is 19.0 Å². The van der Waals surface area contributed by atoms with Gasteiger partial charge in [0.2, 0.25) is 5.91 Å². The molecular formula is C28H39FN6O. The van der Waals surface area contributed by atoms with Crippen LogP contribution in [0.25, 0.3) is 16.7 Å². The Morgan fingerprint density at radius 2 is 1.81 bits per heavy atom. The molecule has 0 spiro atoms. The Labute approximate surface area is 213 Å². The van der Waals surface area contributed by atoms with Crippen LogP contribution < -0.4 is 4.90 Å². The maximum atomic E-state index is 13.6. The molecule has 0 bridgehead atoms. The van der Waals surface area contributed by atoms with Crippen molar-refractivity contribution >= 4 is 22.8 Å². The van der Waals surface area contributed by atoms with Crippen molar-refractivity contribution < 1.29 is 9.18 Å². The zero-order chi connectivity index (χ0) is 25.7. The minimum absolute atomic E-state index is 0.120. The molecule has 0 aliphatic carbocycles. The van der Waals surface area contributed by atoms with Crippen LogP contribution in [0.15, 0.2) is 24.3 Å². The molecule has 2 aromatic heterocycles. The lowest BCUT2D eigenvalue weighted by atomic mass is 9.97. The standard InChI is InChI=1S/C28H39FN6O/c1-5-8-11-21(7-3)28(36)34-17-9-16-33(18-19-34)26-25-20(4)32-35(23-14-12-22(29)13-15-23)27(25)31-24(30-26)10-6-2/h12-15,21H,5-11,16-19H2,1-4H3. The first kappa shape index (κ1) is 26.0. The van der Waals surface area contributed by atoms with Gasteiger partial charge >= 0.3 is 0 Å². The lowest BCUT2D eigenvalue weighted by Gasteiger charge is -2.26. The largest absolute Gasteiger partial charge is 0.354 e. The minimum Gasteiger partial charge on any atom is -0.354 e. The molecule has 1 aromatic carbocycles. The van der Waals surface area contributed by atoms with E-state index in [4.69, 9.17) is 15.1 Å². The Morgan fingerprint density at radius 1 is 1.03 bits per heavy atom. The van der Waals surface area contributed by atoms with Gasteiger partial charge in [0.05, 0.1) is 16.8 Å². The van der Waals surface area contributed by atoms with Crippen LogP contribution in [0.1, 0.15) is 70.8 Å². The molecule has 3 heterocycles. The van der Waals surface area contributed by atoms with Crippen LogP contribution in [0.5, 0.6) is 0 Å². The molecule has 36 heavy (non-hydrogen) atoms. The molecule has 1 amide bonds. The highest BCUT2D eigenvalue weighted by atomic mass is 19.1. The van der Waals surface area contributed by atoms with Gasteiger partial charge < -0.3 is 9.80 Å². The predicted molar refractivity (Wildman–Crippen MR) is 142 cm³/mol. The average Bonchev–Trinajstić information content (AvgIpc) is 3.05. The van der Waals surface area contributed by atoms with Gasteiger partial charge in [0.25, 0.3) is 0 Å². The number of carbonyl (C=O) groups is 1. The van der Waals surface area contributed by atoms with Crippen LogP contribution in [0.4, 0.5) is 10.2 Å². The van der Waals surface area contributed by atoms with Gasteiger partial charge in [0, 0.05) is 38.5 Å². The van der Waals surface area contributed by atoms with E-state index >= 15 is 0 Å². The summed E-state index contributed by atoms with van der Waals surface area (Å²) in [5.74, 6) is 1.81. The third-order valence-electron chi connectivity index (χ3n) is 7.13. The summed E-state index contributed by atoms with van der Waals surface area (Å²) in [5, 5.41) is 5.70. The van der Waals surface area contributed by atoms with Crippen molar-refractivity contribution in [3.63, 3.8) is 0 Å².